The van der Waals surface area contributed by atoms with Crippen LogP contribution in [-0.4, -0.2) is 40.6 Å². The molecule has 0 aromatic rings. The van der Waals surface area contributed by atoms with E-state index >= 15 is 0 Å². The van der Waals surface area contributed by atoms with Gasteiger partial charge < -0.3 is 10.8 Å². The molecule has 0 saturated carbocycles. The summed E-state index contributed by atoms with van der Waals surface area (Å²) >= 11 is 0. The highest BCUT2D eigenvalue weighted by atomic mass is 16.4. The number of hydrazine groups is 1. The molecule has 1 aliphatic heterocycles. The topological polar surface area (TPSA) is 95.4 Å². The van der Waals surface area contributed by atoms with Gasteiger partial charge in [0, 0.05) is 6.54 Å². The lowest BCUT2D eigenvalue weighted by molar-refractivity contribution is -0.150. The van der Waals surface area contributed by atoms with Crippen LogP contribution in [-0.2, 0) is 9.59 Å². The third kappa shape index (κ3) is 3.58. The summed E-state index contributed by atoms with van der Waals surface area (Å²) in [7, 11) is 0. The molecule has 6 nitrogen and oxygen atoms in total. The maximum absolute atomic E-state index is 11.3. The van der Waals surface area contributed by atoms with E-state index in [1.807, 2.05) is 13.8 Å². The van der Waals surface area contributed by atoms with Crippen molar-refractivity contribution in [2.24, 2.45) is 11.7 Å². The zero-order valence-electron chi connectivity index (χ0n) is 8.93. The largest absolute Gasteiger partial charge is 0.475 e. The Labute approximate surface area is 88.4 Å². The van der Waals surface area contributed by atoms with Crippen LogP contribution in [0.25, 0.3) is 0 Å². The highest BCUT2D eigenvalue weighted by Crippen LogP contribution is 2.12. The van der Waals surface area contributed by atoms with Crippen molar-refractivity contribution >= 4 is 11.8 Å². The number of carboxylic acids is 1. The number of nitrogens with one attached hydrogen (secondary N) is 1. The van der Waals surface area contributed by atoms with Crippen LogP contribution in [0.15, 0.2) is 0 Å². The molecule has 1 heterocycles. The maximum atomic E-state index is 11.3. The smallest absolute Gasteiger partial charge is 0.373 e. The number of rotatable bonds is 6. The van der Waals surface area contributed by atoms with E-state index in [-0.39, 0.29) is 12.1 Å². The van der Waals surface area contributed by atoms with Crippen molar-refractivity contribution in [2.45, 2.75) is 32.5 Å². The van der Waals surface area contributed by atoms with E-state index in [1.165, 1.54) is 0 Å². The third-order valence-corrected chi connectivity index (χ3v) is 2.21. The summed E-state index contributed by atoms with van der Waals surface area (Å²) in [5.41, 5.74) is 8.36. The number of nitrogens with zero attached hydrogens (tertiary/aromatic N) is 1. The van der Waals surface area contributed by atoms with Gasteiger partial charge in [0.25, 0.3) is 5.78 Å². The van der Waals surface area contributed by atoms with Crippen LogP contribution in [0.2, 0.25) is 0 Å². The highest BCUT2D eigenvalue weighted by Gasteiger charge is 2.35. The Hall–Kier alpha value is -0.980. The number of carbonyl (C=O) groups is 2. The molecule has 0 aromatic heterocycles. The Morgan fingerprint density at radius 3 is 2.47 bits per heavy atom. The fourth-order valence-corrected chi connectivity index (χ4v) is 1.34. The van der Waals surface area contributed by atoms with Gasteiger partial charge in [0.2, 0.25) is 0 Å². The number of hydrogen-bond acceptors (Lipinski definition) is 5. The first-order chi connectivity index (χ1) is 6.91. The first kappa shape index (κ1) is 12.1. The summed E-state index contributed by atoms with van der Waals surface area (Å²) in [5.74, 6) is -1.95. The molecule has 2 unspecified atom stereocenters. The minimum absolute atomic E-state index is 0.0961. The standard InChI is InChI=1S/C9H17N3O3/c1-5(2)3-6(8(13)9(14)15)11-12-4-7(12)10/h5-7,11H,3-4,10H2,1-2H3,(H,14,15)/t6-,7?,12?/m0/s1. The van der Waals surface area contributed by atoms with Gasteiger partial charge in [-0.05, 0) is 12.3 Å². The molecule has 6 heteroatoms. The quantitative estimate of drug-likeness (QED) is 0.395. The molecule has 0 amide bonds. The van der Waals surface area contributed by atoms with Crippen LogP contribution in [0.4, 0.5) is 0 Å². The number of hydrogen-bond donors (Lipinski definition) is 3. The van der Waals surface area contributed by atoms with Crippen molar-refractivity contribution in [3.63, 3.8) is 0 Å². The van der Waals surface area contributed by atoms with E-state index in [2.05, 4.69) is 5.43 Å². The van der Waals surface area contributed by atoms with Gasteiger partial charge in [-0.1, -0.05) is 13.8 Å². The Morgan fingerprint density at radius 1 is 1.60 bits per heavy atom. The van der Waals surface area contributed by atoms with Gasteiger partial charge in [-0.3, -0.25) is 4.79 Å². The molecule has 0 aliphatic carbocycles. The van der Waals surface area contributed by atoms with Gasteiger partial charge in [-0.15, -0.1) is 0 Å². The van der Waals surface area contributed by atoms with E-state index in [1.54, 1.807) is 5.01 Å². The van der Waals surface area contributed by atoms with Gasteiger partial charge in [-0.2, -0.15) is 0 Å². The second kappa shape index (κ2) is 4.69. The summed E-state index contributed by atoms with van der Waals surface area (Å²) in [6, 6.07) is -0.670. The third-order valence-electron chi connectivity index (χ3n) is 2.21. The Balaban J connectivity index is 2.52. The summed E-state index contributed by atoms with van der Waals surface area (Å²) < 4.78 is 0. The zero-order valence-corrected chi connectivity index (χ0v) is 8.93. The Bertz CT molecular complexity index is 267. The second-order valence-electron chi connectivity index (χ2n) is 4.20. The lowest BCUT2D eigenvalue weighted by atomic mass is 10.0. The lowest BCUT2D eigenvalue weighted by Gasteiger charge is -2.18. The van der Waals surface area contributed by atoms with E-state index < -0.39 is 17.8 Å². The van der Waals surface area contributed by atoms with E-state index in [4.69, 9.17) is 10.8 Å². The molecule has 4 N–H and O–H groups in total. The van der Waals surface area contributed by atoms with Gasteiger partial charge in [0.15, 0.2) is 0 Å². The van der Waals surface area contributed by atoms with E-state index in [0.29, 0.717) is 13.0 Å². The van der Waals surface area contributed by atoms with Crippen LogP contribution in [0.5, 0.6) is 0 Å². The fraction of sp³-hybridized carbons (Fsp3) is 0.778. The summed E-state index contributed by atoms with van der Waals surface area (Å²) in [4.78, 5) is 21.9. The molecular formula is C9H17N3O3. The molecule has 1 saturated heterocycles. The number of carboxylic acid groups (broad SMARTS) is 1. The highest BCUT2D eigenvalue weighted by molar-refractivity contribution is 6.34. The SMILES string of the molecule is CC(C)C[C@H](NN1CC1N)C(=O)C(=O)O. The molecule has 15 heavy (non-hydrogen) atoms. The van der Waals surface area contributed by atoms with E-state index in [0.717, 1.165) is 0 Å². The molecule has 0 bridgehead atoms. The monoisotopic (exact) mass is 215 g/mol. The maximum Gasteiger partial charge on any atom is 0.373 e. The number of nitrogens with two attached hydrogens (primary N) is 1. The van der Waals surface area contributed by atoms with Crippen molar-refractivity contribution in [3.8, 4) is 0 Å². The van der Waals surface area contributed by atoms with Crippen molar-refractivity contribution in [1.29, 1.82) is 0 Å². The van der Waals surface area contributed by atoms with E-state index in [9.17, 15) is 9.59 Å². The number of Topliss-reactive ketones (excluding diaryl/α,β-unsaturated/α-hetero) is 1. The summed E-state index contributed by atoms with van der Waals surface area (Å²) in [5, 5.41) is 10.3. The van der Waals surface area contributed by atoms with Gasteiger partial charge in [0.1, 0.15) is 0 Å². The van der Waals surface area contributed by atoms with Gasteiger partial charge in [0.05, 0.1) is 12.2 Å². The molecule has 1 aliphatic rings. The first-order valence-electron chi connectivity index (χ1n) is 4.97. The molecule has 1 rings (SSSR count). The van der Waals surface area contributed by atoms with Crippen molar-refractivity contribution in [1.82, 2.24) is 10.4 Å². The molecule has 1 fully saturated rings. The lowest BCUT2D eigenvalue weighted by Crippen LogP contribution is -2.45. The van der Waals surface area contributed by atoms with Crippen LogP contribution < -0.4 is 11.2 Å². The van der Waals surface area contributed by atoms with Crippen LogP contribution in [0.1, 0.15) is 20.3 Å². The van der Waals surface area contributed by atoms with Crippen molar-refractivity contribution in [3.05, 3.63) is 0 Å². The predicted octanol–water partition coefficient (Wildman–Crippen LogP) is -0.840. The predicted molar refractivity (Wildman–Crippen MR) is 53.7 cm³/mol. The molecule has 3 atom stereocenters. The van der Waals surface area contributed by atoms with Crippen LogP contribution in [0, 0.1) is 5.92 Å². The molecule has 0 spiro atoms. The van der Waals surface area contributed by atoms with Crippen molar-refractivity contribution < 1.29 is 14.7 Å². The van der Waals surface area contributed by atoms with Gasteiger partial charge in [-0.25, -0.2) is 15.2 Å². The number of ketones is 1. The van der Waals surface area contributed by atoms with Gasteiger partial charge >= 0.3 is 5.97 Å². The normalized spacial score (nSPS) is 26.4. The van der Waals surface area contributed by atoms with Crippen molar-refractivity contribution in [2.75, 3.05) is 6.54 Å². The summed E-state index contributed by atoms with van der Waals surface area (Å²) in [6.45, 7) is 4.53. The molecule has 86 valence electrons. The Kier molecular flexibility index (Phi) is 3.78. The second-order valence-corrected chi connectivity index (χ2v) is 4.20. The molecular weight excluding hydrogens is 198 g/mol. The first-order valence-corrected chi connectivity index (χ1v) is 4.97. The number of aliphatic carboxylic acids is 1. The summed E-state index contributed by atoms with van der Waals surface area (Å²) in [6.07, 6.45) is 0.398. The average molecular weight is 215 g/mol. The molecule has 0 aromatic carbocycles. The fourth-order valence-electron chi connectivity index (χ4n) is 1.34. The molecule has 0 radical (unpaired) electrons. The minimum atomic E-state index is -1.40. The number of carbonyl (C=O) groups excluding carboxylic acids is 1. The van der Waals surface area contributed by atoms with Crippen LogP contribution in [0.3, 0.4) is 0 Å². The average Bonchev–Trinajstić information content (AvgIpc) is 2.78. The van der Waals surface area contributed by atoms with Crippen LogP contribution >= 0.6 is 0 Å². The Morgan fingerprint density at radius 2 is 2.13 bits per heavy atom. The minimum Gasteiger partial charge on any atom is -0.475 e. The zero-order chi connectivity index (χ0) is 11.6.